The molecular weight excluding hydrogens is 757 g/mol. The first-order chi connectivity index (χ1) is 29.4. The highest BCUT2D eigenvalue weighted by atomic mass is 16.7. The molecule has 0 saturated carbocycles. The summed E-state index contributed by atoms with van der Waals surface area (Å²) in [5.74, 6) is -0.402. The van der Waals surface area contributed by atoms with Crippen LogP contribution in [0.3, 0.4) is 0 Å². The minimum absolute atomic E-state index is 0.102. The third-order valence-electron chi connectivity index (χ3n) is 9.70. The average Bonchev–Trinajstić information content (AvgIpc) is 3.25. The summed E-state index contributed by atoms with van der Waals surface area (Å²) in [5, 5.41) is 40.1. The number of unbranched alkanes of at least 4 members (excludes halogenated alkanes) is 8. The molecule has 1 aliphatic rings. The highest BCUT2D eigenvalue weighted by molar-refractivity contribution is 5.69. The first-order valence-corrected chi connectivity index (χ1v) is 23.0. The molecule has 4 N–H and O–H groups in total. The van der Waals surface area contributed by atoms with Crippen LogP contribution >= 0.6 is 0 Å². The Morgan fingerprint density at radius 2 is 0.967 bits per heavy atom. The van der Waals surface area contributed by atoms with Gasteiger partial charge in [0.2, 0.25) is 0 Å². The molecule has 0 spiro atoms. The van der Waals surface area contributed by atoms with Crippen LogP contribution in [-0.2, 0) is 23.7 Å². The molecule has 0 bridgehead atoms. The monoisotopic (exact) mass is 839 g/mol. The van der Waals surface area contributed by atoms with Gasteiger partial charge in [-0.25, -0.2) is 0 Å². The molecule has 6 atom stereocenters. The number of ether oxygens (including phenoxy) is 4. The first-order valence-electron chi connectivity index (χ1n) is 23.0. The second-order valence-electron chi connectivity index (χ2n) is 15.1. The van der Waals surface area contributed by atoms with E-state index < -0.39 is 49.4 Å². The fourth-order valence-electron chi connectivity index (χ4n) is 6.18. The fraction of sp³-hybridized carbons (Fsp3) is 0.627. The van der Waals surface area contributed by atoms with Crippen LogP contribution < -0.4 is 0 Å². The summed E-state index contributed by atoms with van der Waals surface area (Å²) in [6, 6.07) is 0. The number of rotatable bonds is 37. The maximum atomic E-state index is 12.7. The minimum Gasteiger partial charge on any atom is -0.457 e. The predicted octanol–water partition coefficient (Wildman–Crippen LogP) is 10.6. The van der Waals surface area contributed by atoms with Crippen molar-refractivity contribution in [1.82, 2.24) is 0 Å². The summed E-state index contributed by atoms with van der Waals surface area (Å²) in [6.07, 6.45) is 51.4. The molecule has 1 saturated heterocycles. The number of aliphatic hydroxyl groups is 4. The molecule has 0 radical (unpaired) electrons. The van der Waals surface area contributed by atoms with E-state index in [2.05, 4.69) is 111 Å². The zero-order valence-corrected chi connectivity index (χ0v) is 37.2. The molecule has 0 aromatic heterocycles. The Bertz CT molecular complexity index is 1270. The Kier molecular flexibility index (Phi) is 37.7. The normalized spacial score (nSPS) is 21.1. The van der Waals surface area contributed by atoms with E-state index >= 15 is 0 Å². The minimum atomic E-state index is -1.56. The van der Waals surface area contributed by atoms with E-state index in [4.69, 9.17) is 18.9 Å². The molecule has 1 fully saturated rings. The number of hydrogen-bond donors (Lipinski definition) is 4. The van der Waals surface area contributed by atoms with E-state index in [9.17, 15) is 25.2 Å². The van der Waals surface area contributed by atoms with E-state index in [0.29, 0.717) is 13.0 Å². The second-order valence-corrected chi connectivity index (χ2v) is 15.1. The maximum Gasteiger partial charge on any atom is 0.306 e. The third kappa shape index (κ3) is 31.7. The predicted molar refractivity (Wildman–Crippen MR) is 246 cm³/mol. The van der Waals surface area contributed by atoms with Gasteiger partial charge < -0.3 is 39.4 Å². The van der Waals surface area contributed by atoms with Crippen molar-refractivity contribution in [1.29, 1.82) is 0 Å². The number of carbonyl (C=O) groups excluding carboxylic acids is 1. The lowest BCUT2D eigenvalue weighted by atomic mass is 9.99. The van der Waals surface area contributed by atoms with Gasteiger partial charge in [0, 0.05) is 13.0 Å². The third-order valence-corrected chi connectivity index (χ3v) is 9.70. The molecule has 60 heavy (non-hydrogen) atoms. The molecule has 0 aromatic rings. The summed E-state index contributed by atoms with van der Waals surface area (Å²) < 4.78 is 22.7. The van der Waals surface area contributed by atoms with Crippen LogP contribution in [0, 0.1) is 0 Å². The van der Waals surface area contributed by atoms with Crippen molar-refractivity contribution in [3.8, 4) is 0 Å². The number of esters is 1. The van der Waals surface area contributed by atoms with Crippen molar-refractivity contribution < 1.29 is 44.2 Å². The Labute approximate surface area is 364 Å². The summed E-state index contributed by atoms with van der Waals surface area (Å²) in [4.78, 5) is 12.7. The Balaban J connectivity index is 2.27. The topological polar surface area (TPSA) is 135 Å². The molecule has 340 valence electrons. The molecule has 1 rings (SSSR count). The van der Waals surface area contributed by atoms with Crippen LogP contribution in [0.4, 0.5) is 0 Å². The van der Waals surface area contributed by atoms with Gasteiger partial charge in [0.1, 0.15) is 30.5 Å². The quantitative estimate of drug-likeness (QED) is 0.0274. The summed E-state index contributed by atoms with van der Waals surface area (Å²) in [6.45, 7) is 4.18. The number of carbonyl (C=O) groups is 1. The van der Waals surface area contributed by atoms with Crippen LogP contribution in [0.25, 0.3) is 0 Å². The SMILES string of the molecule is CC/C=C\C/C=C\C/C=C\C/C=C\C/C=C\CCCCCCCCCCOCC(COC1OC(CO)C(O)C(O)C1O)OC(=O)CC/C=C\C/C=C\C/C=C\C/C=C\CC. The molecule has 0 aromatic carbocycles. The van der Waals surface area contributed by atoms with Crippen molar-refractivity contribution in [2.24, 2.45) is 0 Å². The zero-order valence-electron chi connectivity index (χ0n) is 37.2. The van der Waals surface area contributed by atoms with Gasteiger partial charge in [0.05, 0.1) is 19.8 Å². The van der Waals surface area contributed by atoms with E-state index in [0.717, 1.165) is 83.5 Å². The largest absolute Gasteiger partial charge is 0.457 e. The standard InChI is InChI=1S/C51H82O9/c1-3-5-7-9-11-13-15-17-18-19-20-21-22-23-24-25-26-27-29-31-33-35-37-39-41-57-43-45(44-58-51-50(56)49(55)48(54)46(42-52)60-51)59-47(53)40-38-36-34-32-30-28-16-14-12-10-8-6-4-2/h5-8,11-14,17-18,20-21,23-24,28,30,34,36,45-46,48-52,54-56H,3-4,9-10,15-16,19,22,25-27,29,31-33,35,37-44H2,1-2H3/b7-5-,8-6-,13-11-,14-12-,18-17-,21-20-,24-23-,30-28-,36-34-. The van der Waals surface area contributed by atoms with Gasteiger partial charge in [-0.2, -0.15) is 0 Å². The highest BCUT2D eigenvalue weighted by Crippen LogP contribution is 2.22. The summed E-state index contributed by atoms with van der Waals surface area (Å²) in [5.41, 5.74) is 0. The van der Waals surface area contributed by atoms with Gasteiger partial charge in [-0.1, -0.05) is 162 Å². The molecule has 6 unspecified atom stereocenters. The number of aliphatic hydroxyl groups excluding tert-OH is 4. The fourth-order valence-corrected chi connectivity index (χ4v) is 6.18. The van der Waals surface area contributed by atoms with Crippen LogP contribution in [0.5, 0.6) is 0 Å². The Morgan fingerprint density at radius 1 is 0.533 bits per heavy atom. The molecule has 1 aliphatic heterocycles. The van der Waals surface area contributed by atoms with E-state index in [1.54, 1.807) is 0 Å². The van der Waals surface area contributed by atoms with E-state index in [1.807, 2.05) is 12.2 Å². The van der Waals surface area contributed by atoms with Gasteiger partial charge in [0.25, 0.3) is 0 Å². The summed E-state index contributed by atoms with van der Waals surface area (Å²) >= 11 is 0. The number of allylic oxidation sites excluding steroid dienone is 18. The molecule has 1 heterocycles. The summed E-state index contributed by atoms with van der Waals surface area (Å²) in [7, 11) is 0. The smallest absolute Gasteiger partial charge is 0.306 e. The van der Waals surface area contributed by atoms with E-state index in [1.165, 1.54) is 32.1 Å². The number of hydrogen-bond acceptors (Lipinski definition) is 9. The molecular formula is C51H82O9. The lowest BCUT2D eigenvalue weighted by molar-refractivity contribution is -0.305. The first kappa shape index (κ1) is 54.9. The maximum absolute atomic E-state index is 12.7. The van der Waals surface area contributed by atoms with Crippen LogP contribution in [0.15, 0.2) is 109 Å². The molecule has 0 aliphatic carbocycles. The van der Waals surface area contributed by atoms with Crippen molar-refractivity contribution in [2.45, 2.75) is 179 Å². The van der Waals surface area contributed by atoms with Gasteiger partial charge in [-0.05, 0) is 83.5 Å². The lowest BCUT2D eigenvalue weighted by Gasteiger charge is -2.39. The zero-order chi connectivity index (χ0) is 43.6. The van der Waals surface area contributed by atoms with Crippen LogP contribution in [0.1, 0.15) is 142 Å². The Hall–Kier alpha value is -3.15. The van der Waals surface area contributed by atoms with Gasteiger partial charge in [0.15, 0.2) is 6.29 Å². The molecule has 0 amide bonds. The van der Waals surface area contributed by atoms with Crippen LogP contribution in [-0.4, -0.2) is 89.6 Å². The Morgan fingerprint density at radius 3 is 1.45 bits per heavy atom. The molecule has 9 nitrogen and oxygen atoms in total. The molecule has 9 heteroatoms. The van der Waals surface area contributed by atoms with Gasteiger partial charge in [-0.3, -0.25) is 4.79 Å². The van der Waals surface area contributed by atoms with E-state index in [-0.39, 0.29) is 19.6 Å². The lowest BCUT2D eigenvalue weighted by Crippen LogP contribution is -2.59. The second kappa shape index (κ2) is 41.2. The average molecular weight is 839 g/mol. The van der Waals surface area contributed by atoms with Crippen molar-refractivity contribution in [2.75, 3.05) is 26.4 Å². The highest BCUT2D eigenvalue weighted by Gasteiger charge is 2.44. The van der Waals surface area contributed by atoms with Crippen molar-refractivity contribution in [3.05, 3.63) is 109 Å². The van der Waals surface area contributed by atoms with Crippen molar-refractivity contribution in [3.63, 3.8) is 0 Å². The van der Waals surface area contributed by atoms with Crippen molar-refractivity contribution >= 4 is 5.97 Å². The van der Waals surface area contributed by atoms with Gasteiger partial charge >= 0.3 is 5.97 Å². The van der Waals surface area contributed by atoms with Gasteiger partial charge in [-0.15, -0.1) is 0 Å². The van der Waals surface area contributed by atoms with Crippen LogP contribution in [0.2, 0.25) is 0 Å².